The molecule has 0 fully saturated rings. The van der Waals surface area contributed by atoms with E-state index in [1.165, 1.54) is 7.11 Å². The molecular weight excluding hydrogens is 456 g/mol. The molecule has 0 heterocycles. The van der Waals surface area contributed by atoms with Crippen LogP contribution in [-0.4, -0.2) is 57.7 Å². The topological polar surface area (TPSA) is 122 Å². The second-order valence-corrected chi connectivity index (χ2v) is 12.8. The van der Waals surface area contributed by atoms with Gasteiger partial charge in [-0.3, -0.25) is 15.0 Å². The van der Waals surface area contributed by atoms with Crippen LogP contribution in [0.2, 0.25) is 0 Å². The van der Waals surface area contributed by atoms with E-state index in [2.05, 4.69) is 10.9 Å². The van der Waals surface area contributed by atoms with Crippen LogP contribution in [-0.2, 0) is 36.0 Å². The number of carbonyl (C=O) groups is 2. The van der Waals surface area contributed by atoms with Gasteiger partial charge in [-0.1, -0.05) is 44.5 Å². The van der Waals surface area contributed by atoms with Gasteiger partial charge in [-0.15, -0.1) is 0 Å². The number of carbonyl (C=O) groups excluding carboxylic acids is 2. The van der Waals surface area contributed by atoms with Gasteiger partial charge in [-0.25, -0.2) is 13.8 Å². The Morgan fingerprint density at radius 3 is 2.29 bits per heavy atom. The van der Waals surface area contributed by atoms with Crippen LogP contribution in [0.1, 0.15) is 65.0 Å². The minimum atomic E-state index is -3.34. The molecule has 0 saturated heterocycles. The average Bonchev–Trinajstić information content (AvgIpc) is 2.71. The lowest BCUT2D eigenvalue weighted by molar-refractivity contribution is -0.150. The first-order valence-corrected chi connectivity index (χ1v) is 13.4. The van der Waals surface area contributed by atoms with Crippen LogP contribution in [0.15, 0.2) is 24.3 Å². The number of hydrazine groups is 1. The van der Waals surface area contributed by atoms with Crippen molar-refractivity contribution in [1.82, 2.24) is 10.9 Å². The molecule has 3 N–H and O–H groups in total. The molecule has 0 aliphatic carbocycles. The van der Waals surface area contributed by atoms with Crippen molar-refractivity contribution in [1.29, 1.82) is 0 Å². The first-order chi connectivity index (χ1) is 15.6. The van der Waals surface area contributed by atoms with E-state index in [-0.39, 0.29) is 30.0 Å². The van der Waals surface area contributed by atoms with Crippen molar-refractivity contribution in [3.8, 4) is 0 Å². The highest BCUT2D eigenvalue weighted by Gasteiger charge is 2.37. The molecule has 0 unspecified atom stereocenters. The number of aliphatic hydroxyl groups excluding tert-OH is 1. The van der Waals surface area contributed by atoms with Crippen LogP contribution in [0.25, 0.3) is 0 Å². The van der Waals surface area contributed by atoms with Crippen molar-refractivity contribution in [3.63, 3.8) is 0 Å². The fourth-order valence-corrected chi connectivity index (χ4v) is 6.08. The number of sulfone groups is 1. The minimum absolute atomic E-state index is 0.0158. The lowest BCUT2D eigenvalue weighted by Crippen LogP contribution is -2.47. The van der Waals surface area contributed by atoms with Gasteiger partial charge in [0, 0.05) is 7.05 Å². The van der Waals surface area contributed by atoms with Gasteiger partial charge in [0.05, 0.1) is 36.1 Å². The number of benzene rings is 1. The maximum Gasteiger partial charge on any atom is 0.311 e. The third-order valence-electron chi connectivity index (χ3n) is 6.23. The molecule has 1 amide bonds. The van der Waals surface area contributed by atoms with E-state index in [9.17, 15) is 18.0 Å². The highest BCUT2D eigenvalue weighted by Crippen LogP contribution is 2.35. The standard InChI is InChI=1S/C25H42N2O6S/c1-23(2,18-34(31,32)15-14-28)12-9-13-25(5,21(29)27-26-6)20-11-8-10-19(16-20)17-24(3,4)22(30)33-7/h8,10-11,16,26,28H,9,12-15,17-18H2,1-7H3,(H,27,29)/t25-/m1/s1. The molecule has 1 aromatic carbocycles. The predicted octanol–water partition coefficient (Wildman–Crippen LogP) is 2.54. The molecule has 0 bridgehead atoms. The number of hydrogen-bond donors (Lipinski definition) is 3. The lowest BCUT2D eigenvalue weighted by atomic mass is 9.74. The quantitative estimate of drug-likeness (QED) is 0.266. The van der Waals surface area contributed by atoms with Crippen LogP contribution in [0.4, 0.5) is 0 Å². The zero-order valence-electron chi connectivity index (χ0n) is 21.7. The lowest BCUT2D eigenvalue weighted by Gasteiger charge is -2.32. The highest BCUT2D eigenvalue weighted by molar-refractivity contribution is 7.91. The molecule has 1 rings (SSSR count). The van der Waals surface area contributed by atoms with Gasteiger partial charge in [-0.2, -0.15) is 0 Å². The number of methoxy groups -OCH3 is 1. The Kier molecular flexibility index (Phi) is 10.7. The fourth-order valence-electron chi connectivity index (χ4n) is 4.32. The van der Waals surface area contributed by atoms with Gasteiger partial charge >= 0.3 is 5.97 Å². The van der Waals surface area contributed by atoms with Crippen LogP contribution in [0, 0.1) is 10.8 Å². The third kappa shape index (κ3) is 8.67. The Balaban J connectivity index is 3.13. The molecular formula is C25H42N2O6S. The summed E-state index contributed by atoms with van der Waals surface area (Å²) in [5.41, 5.74) is 5.09. The molecule has 9 heteroatoms. The normalized spacial score (nSPS) is 14.4. The van der Waals surface area contributed by atoms with E-state index in [0.29, 0.717) is 25.7 Å². The van der Waals surface area contributed by atoms with E-state index < -0.39 is 26.1 Å². The van der Waals surface area contributed by atoms with Crippen molar-refractivity contribution < 1.29 is 27.9 Å². The number of esters is 1. The van der Waals surface area contributed by atoms with Crippen LogP contribution >= 0.6 is 0 Å². The molecule has 194 valence electrons. The number of aliphatic hydroxyl groups is 1. The van der Waals surface area contributed by atoms with Crippen LogP contribution in [0.5, 0.6) is 0 Å². The van der Waals surface area contributed by atoms with Gasteiger partial charge in [-0.05, 0) is 56.6 Å². The van der Waals surface area contributed by atoms with Gasteiger partial charge in [0.1, 0.15) is 0 Å². The fraction of sp³-hybridized carbons (Fsp3) is 0.680. The molecule has 34 heavy (non-hydrogen) atoms. The maximum absolute atomic E-state index is 13.1. The molecule has 0 saturated carbocycles. The van der Waals surface area contributed by atoms with Gasteiger partial charge in [0.15, 0.2) is 9.84 Å². The second kappa shape index (κ2) is 12.1. The Labute approximate surface area is 204 Å². The molecule has 0 spiro atoms. The summed E-state index contributed by atoms with van der Waals surface area (Å²) in [4.78, 5) is 25.3. The maximum atomic E-state index is 13.1. The second-order valence-electron chi connectivity index (χ2n) is 10.6. The molecule has 0 aliphatic rings. The number of rotatable bonds is 14. The molecule has 0 aromatic heterocycles. The van der Waals surface area contributed by atoms with Crippen molar-refractivity contribution >= 4 is 21.7 Å². The van der Waals surface area contributed by atoms with Crippen molar-refractivity contribution in [2.45, 2.75) is 65.7 Å². The summed E-state index contributed by atoms with van der Waals surface area (Å²) in [6, 6.07) is 7.67. The number of ether oxygens (including phenoxy) is 1. The van der Waals surface area contributed by atoms with E-state index in [4.69, 9.17) is 9.84 Å². The zero-order chi connectivity index (χ0) is 26.2. The van der Waals surface area contributed by atoms with E-state index in [1.807, 2.05) is 58.9 Å². The van der Waals surface area contributed by atoms with E-state index in [1.54, 1.807) is 7.05 Å². The first-order valence-electron chi connectivity index (χ1n) is 11.6. The van der Waals surface area contributed by atoms with E-state index >= 15 is 0 Å². The SMILES string of the molecule is CNNC(=O)[C@](C)(CCCC(C)(C)CS(=O)(=O)CCO)c1cccc(CC(C)(C)C(=O)OC)c1. The first kappa shape index (κ1) is 30.1. The molecule has 0 aliphatic heterocycles. The average molecular weight is 499 g/mol. The van der Waals surface area contributed by atoms with Gasteiger partial charge < -0.3 is 9.84 Å². The summed E-state index contributed by atoms with van der Waals surface area (Å²) in [6.07, 6.45) is 2.21. The van der Waals surface area contributed by atoms with Crippen LogP contribution < -0.4 is 10.9 Å². The number of amides is 1. The molecule has 1 atom stereocenters. The van der Waals surface area contributed by atoms with Crippen molar-refractivity contribution in [3.05, 3.63) is 35.4 Å². The molecule has 0 radical (unpaired) electrons. The summed E-state index contributed by atoms with van der Waals surface area (Å²) in [7, 11) is -0.343. The van der Waals surface area contributed by atoms with Crippen molar-refractivity contribution in [2.75, 3.05) is 32.3 Å². The van der Waals surface area contributed by atoms with E-state index in [0.717, 1.165) is 11.1 Å². The Bertz CT molecular complexity index is 942. The number of hydrogen-bond acceptors (Lipinski definition) is 7. The molecule has 8 nitrogen and oxygen atoms in total. The smallest absolute Gasteiger partial charge is 0.311 e. The highest BCUT2D eigenvalue weighted by atomic mass is 32.2. The third-order valence-corrected chi connectivity index (χ3v) is 8.26. The Hall–Kier alpha value is -1.97. The summed E-state index contributed by atoms with van der Waals surface area (Å²) in [5.74, 6) is -0.747. The summed E-state index contributed by atoms with van der Waals surface area (Å²) in [6.45, 7) is 8.92. The minimum Gasteiger partial charge on any atom is -0.469 e. The number of nitrogens with one attached hydrogen (secondary N) is 2. The molecule has 1 aromatic rings. The zero-order valence-corrected chi connectivity index (χ0v) is 22.5. The van der Waals surface area contributed by atoms with Gasteiger partial charge in [0.25, 0.3) is 0 Å². The summed E-state index contributed by atoms with van der Waals surface area (Å²) in [5, 5.41) is 9.00. The Morgan fingerprint density at radius 2 is 1.74 bits per heavy atom. The van der Waals surface area contributed by atoms with Gasteiger partial charge in [0.2, 0.25) is 5.91 Å². The predicted molar refractivity (Wildman–Crippen MR) is 134 cm³/mol. The summed E-state index contributed by atoms with van der Waals surface area (Å²) >= 11 is 0. The summed E-state index contributed by atoms with van der Waals surface area (Å²) < 4.78 is 29.3. The monoisotopic (exact) mass is 498 g/mol. The Morgan fingerprint density at radius 1 is 1.09 bits per heavy atom. The van der Waals surface area contributed by atoms with Crippen LogP contribution in [0.3, 0.4) is 0 Å². The van der Waals surface area contributed by atoms with Crippen molar-refractivity contribution in [2.24, 2.45) is 10.8 Å². The largest absolute Gasteiger partial charge is 0.469 e.